The van der Waals surface area contributed by atoms with E-state index in [0.717, 1.165) is 25.7 Å². The monoisotopic (exact) mass is 232 g/mol. The van der Waals surface area contributed by atoms with Crippen LogP contribution in [0.3, 0.4) is 0 Å². The molecule has 0 amide bonds. The van der Waals surface area contributed by atoms with E-state index >= 15 is 0 Å². The highest BCUT2D eigenvalue weighted by Crippen LogP contribution is 2.17. The quantitative estimate of drug-likeness (QED) is 0.623. The van der Waals surface area contributed by atoms with Gasteiger partial charge in [0.25, 0.3) is 0 Å². The zero-order valence-electron chi connectivity index (χ0n) is 10.7. The van der Waals surface area contributed by atoms with Crippen molar-refractivity contribution in [2.75, 3.05) is 0 Å². The predicted molar refractivity (Wildman–Crippen MR) is 62.0 cm³/mol. The van der Waals surface area contributed by atoms with E-state index in [4.69, 9.17) is 14.9 Å². The first-order chi connectivity index (χ1) is 7.20. The van der Waals surface area contributed by atoms with Gasteiger partial charge in [0.15, 0.2) is 0 Å². The molecule has 96 valence electrons. The van der Waals surface area contributed by atoms with Gasteiger partial charge in [-0.3, -0.25) is 4.79 Å². The Labute approximate surface area is 97.6 Å². The summed E-state index contributed by atoms with van der Waals surface area (Å²) in [6, 6.07) is 0. The molecular formula is C12H24O4. The van der Waals surface area contributed by atoms with Gasteiger partial charge in [-0.15, -0.1) is 0 Å². The number of carbonyl (C=O) groups is 1. The largest absolute Gasteiger partial charge is 0.460 e. The molecular weight excluding hydrogens is 208 g/mol. The Hall–Kier alpha value is -0.610. The summed E-state index contributed by atoms with van der Waals surface area (Å²) < 4.78 is 4.80. The Bertz CT molecular complexity index is 190. The van der Waals surface area contributed by atoms with Crippen molar-refractivity contribution in [2.24, 2.45) is 0 Å². The lowest BCUT2D eigenvalue weighted by molar-refractivity contribution is -0.151. The molecule has 1 fully saturated rings. The van der Waals surface area contributed by atoms with Crippen molar-refractivity contribution in [3.05, 3.63) is 0 Å². The van der Waals surface area contributed by atoms with Crippen LogP contribution in [0.5, 0.6) is 0 Å². The normalized spacial score (nSPS) is 25.4. The van der Waals surface area contributed by atoms with Crippen molar-refractivity contribution >= 4 is 5.97 Å². The summed E-state index contributed by atoms with van der Waals surface area (Å²) in [5, 5.41) is 17.8. The van der Waals surface area contributed by atoms with Crippen LogP contribution >= 0.6 is 0 Å². The minimum absolute atomic E-state index is 0.140. The maximum absolute atomic E-state index is 10.2. The Kier molecular flexibility index (Phi) is 6.60. The molecule has 1 aliphatic carbocycles. The van der Waals surface area contributed by atoms with Crippen LogP contribution in [-0.4, -0.2) is 34.0 Å². The summed E-state index contributed by atoms with van der Waals surface area (Å²) in [6.07, 6.45) is 2.83. The van der Waals surface area contributed by atoms with Crippen LogP contribution in [0.4, 0.5) is 0 Å². The molecule has 1 saturated carbocycles. The van der Waals surface area contributed by atoms with Gasteiger partial charge in [-0.05, 0) is 46.5 Å². The molecule has 0 atom stereocenters. The smallest absolute Gasteiger partial charge is 0.303 e. The summed E-state index contributed by atoms with van der Waals surface area (Å²) in [7, 11) is 0. The van der Waals surface area contributed by atoms with Gasteiger partial charge in [0.1, 0.15) is 5.60 Å². The van der Waals surface area contributed by atoms with E-state index in [0.29, 0.717) is 0 Å². The van der Waals surface area contributed by atoms with Gasteiger partial charge in [0.2, 0.25) is 0 Å². The maximum Gasteiger partial charge on any atom is 0.303 e. The average Bonchev–Trinajstić information content (AvgIpc) is 2.07. The molecule has 0 heterocycles. The molecule has 0 saturated heterocycles. The molecule has 1 aliphatic rings. The van der Waals surface area contributed by atoms with Crippen molar-refractivity contribution < 1.29 is 19.7 Å². The van der Waals surface area contributed by atoms with E-state index in [9.17, 15) is 4.79 Å². The molecule has 0 aromatic rings. The third-order valence-electron chi connectivity index (χ3n) is 2.12. The van der Waals surface area contributed by atoms with Crippen molar-refractivity contribution in [1.29, 1.82) is 0 Å². The van der Waals surface area contributed by atoms with E-state index < -0.39 is 0 Å². The lowest BCUT2D eigenvalue weighted by Gasteiger charge is -2.20. The molecule has 4 heteroatoms. The lowest BCUT2D eigenvalue weighted by atomic mass is 9.95. The summed E-state index contributed by atoms with van der Waals surface area (Å²) in [6.45, 7) is 6.93. The molecule has 0 unspecified atom stereocenters. The second-order valence-corrected chi connectivity index (χ2v) is 5.17. The second-order valence-electron chi connectivity index (χ2n) is 5.17. The van der Waals surface area contributed by atoms with Crippen LogP contribution < -0.4 is 0 Å². The van der Waals surface area contributed by atoms with Crippen LogP contribution in [0.1, 0.15) is 53.4 Å². The Balaban J connectivity index is 0.000000281. The summed E-state index contributed by atoms with van der Waals surface area (Å²) in [5.41, 5.74) is -0.328. The van der Waals surface area contributed by atoms with Crippen molar-refractivity contribution in [3.63, 3.8) is 0 Å². The van der Waals surface area contributed by atoms with Crippen molar-refractivity contribution in [3.8, 4) is 0 Å². The molecule has 0 radical (unpaired) electrons. The van der Waals surface area contributed by atoms with E-state index in [1.807, 2.05) is 20.8 Å². The van der Waals surface area contributed by atoms with Crippen LogP contribution in [0.15, 0.2) is 0 Å². The van der Waals surface area contributed by atoms with Crippen LogP contribution in [0, 0.1) is 0 Å². The topological polar surface area (TPSA) is 66.8 Å². The minimum atomic E-state index is -0.328. The first kappa shape index (κ1) is 15.4. The molecule has 1 rings (SSSR count). The fourth-order valence-electron chi connectivity index (χ4n) is 1.49. The molecule has 4 nitrogen and oxygen atoms in total. The van der Waals surface area contributed by atoms with E-state index in [1.165, 1.54) is 6.92 Å². The van der Waals surface area contributed by atoms with Gasteiger partial charge in [0.05, 0.1) is 12.2 Å². The lowest BCUT2D eigenvalue weighted by Crippen LogP contribution is -2.21. The highest BCUT2D eigenvalue weighted by Gasteiger charge is 2.16. The number of aliphatic hydroxyl groups excluding tert-OH is 2. The van der Waals surface area contributed by atoms with Gasteiger partial charge in [-0.2, -0.15) is 0 Å². The highest BCUT2D eigenvalue weighted by molar-refractivity contribution is 5.66. The van der Waals surface area contributed by atoms with Crippen LogP contribution in [0.2, 0.25) is 0 Å². The molecule has 16 heavy (non-hydrogen) atoms. The third-order valence-corrected chi connectivity index (χ3v) is 2.12. The predicted octanol–water partition coefficient (Wildman–Crippen LogP) is 1.63. The van der Waals surface area contributed by atoms with E-state index in [-0.39, 0.29) is 23.8 Å². The number of hydrogen-bond acceptors (Lipinski definition) is 4. The molecule has 0 spiro atoms. The number of rotatable bonds is 0. The number of hydrogen-bond donors (Lipinski definition) is 2. The van der Waals surface area contributed by atoms with Gasteiger partial charge in [-0.25, -0.2) is 0 Å². The average molecular weight is 232 g/mol. The van der Waals surface area contributed by atoms with Gasteiger partial charge < -0.3 is 14.9 Å². The number of aliphatic hydroxyl groups is 2. The standard InChI is InChI=1S/2C6H12O2/c7-5-1-2-6(8)4-3-5;1-5(7)8-6(2,3)4/h5-8H,1-4H2;1-4H3. The van der Waals surface area contributed by atoms with Gasteiger partial charge in [-0.1, -0.05) is 0 Å². The van der Waals surface area contributed by atoms with Crippen LogP contribution in [-0.2, 0) is 9.53 Å². The second kappa shape index (κ2) is 6.86. The van der Waals surface area contributed by atoms with E-state index in [1.54, 1.807) is 0 Å². The van der Waals surface area contributed by atoms with E-state index in [2.05, 4.69) is 0 Å². The zero-order valence-corrected chi connectivity index (χ0v) is 10.7. The molecule has 0 bridgehead atoms. The number of esters is 1. The third kappa shape index (κ3) is 9.93. The minimum Gasteiger partial charge on any atom is -0.460 e. The molecule has 0 aromatic heterocycles. The maximum atomic E-state index is 10.2. The summed E-state index contributed by atoms with van der Waals surface area (Å²) >= 11 is 0. The summed E-state index contributed by atoms with van der Waals surface area (Å²) in [5.74, 6) is -0.225. The highest BCUT2D eigenvalue weighted by atomic mass is 16.6. The van der Waals surface area contributed by atoms with Crippen LogP contribution in [0.25, 0.3) is 0 Å². The molecule has 0 aromatic carbocycles. The Morgan fingerprint density at radius 2 is 1.38 bits per heavy atom. The number of carbonyl (C=O) groups excluding carboxylic acids is 1. The van der Waals surface area contributed by atoms with Crippen molar-refractivity contribution in [1.82, 2.24) is 0 Å². The Morgan fingerprint density at radius 1 is 1.06 bits per heavy atom. The number of ether oxygens (including phenoxy) is 1. The fourth-order valence-corrected chi connectivity index (χ4v) is 1.49. The van der Waals surface area contributed by atoms with Gasteiger partial charge in [0, 0.05) is 6.92 Å². The fraction of sp³-hybridized carbons (Fsp3) is 0.917. The van der Waals surface area contributed by atoms with Crippen molar-refractivity contribution in [2.45, 2.75) is 71.2 Å². The summed E-state index contributed by atoms with van der Waals surface area (Å²) in [4.78, 5) is 10.2. The van der Waals surface area contributed by atoms with Gasteiger partial charge >= 0.3 is 5.97 Å². The first-order valence-corrected chi connectivity index (χ1v) is 5.76. The molecule has 0 aliphatic heterocycles. The SMILES string of the molecule is CC(=O)OC(C)(C)C.OC1CCC(O)CC1. The zero-order chi connectivity index (χ0) is 12.8. The first-order valence-electron chi connectivity index (χ1n) is 5.76. The Morgan fingerprint density at radius 3 is 1.50 bits per heavy atom. The molecule has 2 N–H and O–H groups in total.